The van der Waals surface area contributed by atoms with Crippen molar-refractivity contribution in [1.82, 2.24) is 49.0 Å². The largest absolute Gasteiger partial charge is 0.308 e. The summed E-state index contributed by atoms with van der Waals surface area (Å²) < 4.78 is 4.39. The van der Waals surface area contributed by atoms with Crippen LogP contribution in [0.15, 0.2) is 183 Å². The standard InChI is InChI=1S/C54H30N12/c55-31-33-6-1-7-35(24-33)50-48(65-44-27-36(51-57-16-2-17-58-51)8-12-40(44)41-13-9-37(28-45(41)65)52-59-18-3-19-60-52)25-34(32-56)26-49(50)66-46-29-38(53-61-20-4-21-62-53)10-14-42(46)43-15-11-39(30-47(43)66)54-63-22-5-23-64-54/h1-30H. The van der Waals surface area contributed by atoms with Crippen LogP contribution in [0.4, 0.5) is 0 Å². The van der Waals surface area contributed by atoms with Gasteiger partial charge in [-0.05, 0) is 78.4 Å². The molecule has 0 aliphatic heterocycles. The molecule has 0 amide bonds. The van der Waals surface area contributed by atoms with E-state index in [2.05, 4.69) is 110 Å². The Bertz CT molecular complexity index is 3530. The van der Waals surface area contributed by atoms with Gasteiger partial charge in [0.1, 0.15) is 0 Å². The number of hydrogen-bond acceptors (Lipinski definition) is 10. The Kier molecular flexibility index (Phi) is 8.93. The van der Waals surface area contributed by atoms with E-state index >= 15 is 0 Å². The van der Waals surface area contributed by atoms with Crippen molar-refractivity contribution in [3.05, 3.63) is 194 Å². The molecule has 0 unspecified atom stereocenters. The minimum absolute atomic E-state index is 0.417. The van der Waals surface area contributed by atoms with Gasteiger partial charge in [-0.2, -0.15) is 10.5 Å². The summed E-state index contributed by atoms with van der Waals surface area (Å²) in [4.78, 5) is 36.9. The maximum atomic E-state index is 11.1. The maximum absolute atomic E-state index is 11.1. The van der Waals surface area contributed by atoms with Crippen LogP contribution in [0.25, 0.3) is 112 Å². The van der Waals surface area contributed by atoms with Crippen LogP contribution in [0.5, 0.6) is 0 Å². The van der Waals surface area contributed by atoms with Crippen molar-refractivity contribution in [2.24, 2.45) is 0 Å². The summed E-state index contributed by atoms with van der Waals surface area (Å²) >= 11 is 0. The molecule has 66 heavy (non-hydrogen) atoms. The predicted molar refractivity (Wildman–Crippen MR) is 254 cm³/mol. The number of nitrogens with zero attached hydrogens (tertiary/aromatic N) is 12. The van der Waals surface area contributed by atoms with Crippen LogP contribution in [0.3, 0.4) is 0 Å². The first-order valence-electron chi connectivity index (χ1n) is 21.0. The van der Waals surface area contributed by atoms with Gasteiger partial charge in [-0.15, -0.1) is 0 Å². The molecule has 12 rings (SSSR count). The molecule has 0 N–H and O–H groups in total. The summed E-state index contributed by atoms with van der Waals surface area (Å²) in [5.41, 5.74) is 10.5. The SMILES string of the molecule is N#Cc1cccc(-c2c(-n3c4cc(-c5ncccn5)ccc4c4ccc(-c5ncccn5)cc43)cc(C#N)cc2-n2c3cc(-c4ncccn4)ccc3c3ccc(-c4ncccn4)cc32)c1. The van der Waals surface area contributed by atoms with E-state index in [9.17, 15) is 10.5 Å². The average molecular weight is 847 g/mol. The fourth-order valence-corrected chi connectivity index (χ4v) is 8.97. The molecule has 0 radical (unpaired) electrons. The first-order chi connectivity index (χ1) is 32.6. The molecule has 6 aromatic carbocycles. The van der Waals surface area contributed by atoms with Gasteiger partial charge in [-0.1, -0.05) is 60.7 Å². The van der Waals surface area contributed by atoms with Gasteiger partial charge in [0.2, 0.25) is 0 Å². The van der Waals surface area contributed by atoms with Crippen LogP contribution in [0.1, 0.15) is 11.1 Å². The van der Waals surface area contributed by atoms with Crippen molar-refractivity contribution in [3.63, 3.8) is 0 Å². The van der Waals surface area contributed by atoms with Gasteiger partial charge >= 0.3 is 0 Å². The van der Waals surface area contributed by atoms with E-state index in [-0.39, 0.29) is 0 Å². The number of hydrogen-bond donors (Lipinski definition) is 0. The topological polar surface area (TPSA) is 161 Å². The first kappa shape index (κ1) is 37.9. The van der Waals surface area contributed by atoms with Crippen LogP contribution in [-0.4, -0.2) is 49.0 Å². The Hall–Kier alpha value is -9.78. The highest BCUT2D eigenvalue weighted by Crippen LogP contribution is 2.45. The van der Waals surface area contributed by atoms with Crippen molar-refractivity contribution in [3.8, 4) is 80.2 Å². The second-order valence-corrected chi connectivity index (χ2v) is 15.6. The third-order valence-electron chi connectivity index (χ3n) is 11.8. The summed E-state index contributed by atoms with van der Waals surface area (Å²) in [6.07, 6.45) is 13.8. The molecule has 12 aromatic rings. The third kappa shape index (κ3) is 6.29. The van der Waals surface area contributed by atoms with E-state index in [0.717, 1.165) is 77.0 Å². The first-order valence-corrected chi connectivity index (χ1v) is 21.0. The number of fused-ring (bicyclic) bond motifs is 6. The summed E-state index contributed by atoms with van der Waals surface area (Å²) in [7, 11) is 0. The highest BCUT2D eigenvalue weighted by atomic mass is 15.0. The Balaban J connectivity index is 1.26. The fraction of sp³-hybridized carbons (Fsp3) is 0. The van der Waals surface area contributed by atoms with Crippen LogP contribution in [0, 0.1) is 22.7 Å². The Morgan fingerprint density at radius 1 is 0.318 bits per heavy atom. The molecule has 6 heterocycles. The van der Waals surface area contributed by atoms with Crippen molar-refractivity contribution in [1.29, 1.82) is 10.5 Å². The van der Waals surface area contributed by atoms with Crippen molar-refractivity contribution in [2.45, 2.75) is 0 Å². The molecule has 6 aromatic heterocycles. The molecule has 0 aliphatic carbocycles. The lowest BCUT2D eigenvalue weighted by molar-refractivity contribution is 1.13. The van der Waals surface area contributed by atoms with Crippen molar-refractivity contribution >= 4 is 43.6 Å². The second kappa shape index (κ2) is 15.5. The van der Waals surface area contributed by atoms with Crippen molar-refractivity contribution < 1.29 is 0 Å². The smallest absolute Gasteiger partial charge is 0.159 e. The minimum atomic E-state index is 0.417. The van der Waals surface area contributed by atoms with Crippen LogP contribution < -0.4 is 0 Å². The molecular weight excluding hydrogens is 817 g/mol. The Morgan fingerprint density at radius 3 is 0.970 bits per heavy atom. The van der Waals surface area contributed by atoms with Crippen LogP contribution in [0.2, 0.25) is 0 Å². The molecular formula is C54H30N12. The van der Waals surface area contributed by atoms with Crippen molar-refractivity contribution in [2.75, 3.05) is 0 Å². The van der Waals surface area contributed by atoms with E-state index in [4.69, 9.17) is 0 Å². The molecule has 0 spiro atoms. The quantitative estimate of drug-likeness (QED) is 0.151. The zero-order valence-electron chi connectivity index (χ0n) is 34.7. The van der Waals surface area contributed by atoms with Gasteiger partial charge in [0.15, 0.2) is 23.3 Å². The minimum Gasteiger partial charge on any atom is -0.308 e. The van der Waals surface area contributed by atoms with Gasteiger partial charge in [-0.25, -0.2) is 39.9 Å². The highest BCUT2D eigenvalue weighted by molar-refractivity contribution is 6.14. The van der Waals surface area contributed by atoms with E-state index in [1.807, 2.05) is 54.6 Å². The van der Waals surface area contributed by atoms with Gasteiger partial charge < -0.3 is 9.13 Å². The zero-order chi connectivity index (χ0) is 44.1. The highest BCUT2D eigenvalue weighted by Gasteiger charge is 2.25. The molecule has 12 heteroatoms. The third-order valence-corrected chi connectivity index (χ3v) is 11.8. The normalized spacial score (nSPS) is 11.3. The molecule has 0 saturated heterocycles. The van der Waals surface area contributed by atoms with Gasteiger partial charge in [-0.3, -0.25) is 0 Å². The molecule has 0 fully saturated rings. The Labute approximate surface area is 376 Å². The summed E-state index contributed by atoms with van der Waals surface area (Å²) in [5.74, 6) is 2.30. The van der Waals surface area contributed by atoms with Gasteiger partial charge in [0.25, 0.3) is 0 Å². The fourth-order valence-electron chi connectivity index (χ4n) is 8.97. The molecule has 306 valence electrons. The zero-order valence-corrected chi connectivity index (χ0v) is 34.7. The summed E-state index contributed by atoms with van der Waals surface area (Å²) in [6, 6.07) is 48.4. The lowest BCUT2D eigenvalue weighted by Gasteiger charge is -2.21. The molecule has 12 nitrogen and oxygen atoms in total. The van der Waals surface area contributed by atoms with Crippen LogP contribution >= 0.6 is 0 Å². The molecule has 0 aliphatic rings. The molecule has 0 saturated carbocycles. The number of nitriles is 2. The monoisotopic (exact) mass is 846 g/mol. The molecule has 0 atom stereocenters. The lowest BCUT2D eigenvalue weighted by Crippen LogP contribution is -2.05. The average Bonchev–Trinajstić information content (AvgIpc) is 3.90. The Morgan fingerprint density at radius 2 is 0.652 bits per heavy atom. The van der Waals surface area contributed by atoms with E-state index < -0.39 is 0 Å². The number of aromatic nitrogens is 10. The maximum Gasteiger partial charge on any atom is 0.159 e. The predicted octanol–water partition coefficient (Wildman–Crippen LogP) is 11.1. The van der Waals surface area contributed by atoms with E-state index in [1.54, 1.807) is 79.9 Å². The summed E-state index contributed by atoms with van der Waals surface area (Å²) in [5, 5.41) is 25.3. The number of benzene rings is 6. The molecule has 0 bridgehead atoms. The van der Waals surface area contributed by atoms with E-state index in [1.165, 1.54) is 0 Å². The summed E-state index contributed by atoms with van der Waals surface area (Å²) in [6.45, 7) is 0. The van der Waals surface area contributed by atoms with E-state index in [0.29, 0.717) is 45.8 Å². The van der Waals surface area contributed by atoms with Gasteiger partial charge in [0, 0.05) is 98.9 Å². The van der Waals surface area contributed by atoms with Gasteiger partial charge in [0.05, 0.1) is 56.7 Å². The number of rotatable bonds is 7. The van der Waals surface area contributed by atoms with Crippen LogP contribution in [-0.2, 0) is 0 Å². The lowest BCUT2D eigenvalue weighted by atomic mass is 9.96. The second-order valence-electron chi connectivity index (χ2n) is 15.6.